The van der Waals surface area contributed by atoms with Gasteiger partial charge in [0.2, 0.25) is 12.7 Å². The fourth-order valence-corrected chi connectivity index (χ4v) is 3.36. The monoisotopic (exact) mass is 358 g/mol. The van der Waals surface area contributed by atoms with Crippen molar-refractivity contribution < 1.29 is 19.1 Å². The van der Waals surface area contributed by atoms with E-state index in [0.29, 0.717) is 16.5 Å². The molecule has 0 radical (unpaired) electrons. The molecule has 0 saturated heterocycles. The Bertz CT molecular complexity index is 883. The number of fused-ring (bicyclic) bond motifs is 2. The second-order valence-corrected chi connectivity index (χ2v) is 6.32. The Balaban J connectivity index is 1.69. The van der Waals surface area contributed by atoms with Crippen LogP contribution in [0.5, 0.6) is 11.5 Å². The Morgan fingerprint density at radius 3 is 2.76 bits per heavy atom. The third-order valence-electron chi connectivity index (χ3n) is 4.27. The molecule has 0 unspecified atom stereocenters. The van der Waals surface area contributed by atoms with Crippen LogP contribution in [0, 0.1) is 0 Å². The van der Waals surface area contributed by atoms with E-state index < -0.39 is 6.04 Å². The van der Waals surface area contributed by atoms with Gasteiger partial charge >= 0.3 is 0 Å². The van der Waals surface area contributed by atoms with E-state index in [0.717, 1.165) is 16.8 Å². The minimum atomic E-state index is -0.679. The SMILES string of the molecule is CC(=O)N[C@@H]1C(=O)N(Cc2cc3c(cc2Cl)OCO3)c2ccccc21. The molecule has 6 nitrogen and oxygen atoms in total. The number of amides is 2. The van der Waals surface area contributed by atoms with Crippen molar-refractivity contribution in [2.75, 3.05) is 11.7 Å². The highest BCUT2D eigenvalue weighted by molar-refractivity contribution is 6.31. The van der Waals surface area contributed by atoms with Gasteiger partial charge < -0.3 is 19.7 Å². The van der Waals surface area contributed by atoms with Crippen molar-refractivity contribution in [2.24, 2.45) is 0 Å². The van der Waals surface area contributed by atoms with Crippen LogP contribution in [-0.4, -0.2) is 18.6 Å². The molecule has 0 fully saturated rings. The second-order valence-electron chi connectivity index (χ2n) is 5.91. The molecule has 2 amide bonds. The predicted octanol–water partition coefficient (Wildman–Crippen LogP) is 2.79. The van der Waals surface area contributed by atoms with Gasteiger partial charge in [-0.1, -0.05) is 29.8 Å². The van der Waals surface area contributed by atoms with Gasteiger partial charge in [0, 0.05) is 29.3 Å². The zero-order valence-corrected chi connectivity index (χ0v) is 14.2. The highest BCUT2D eigenvalue weighted by atomic mass is 35.5. The molecule has 0 aromatic heterocycles. The molecule has 0 saturated carbocycles. The van der Waals surface area contributed by atoms with Crippen LogP contribution in [0.25, 0.3) is 0 Å². The molecule has 0 aliphatic carbocycles. The summed E-state index contributed by atoms with van der Waals surface area (Å²) < 4.78 is 10.7. The van der Waals surface area contributed by atoms with Crippen molar-refractivity contribution in [2.45, 2.75) is 19.5 Å². The van der Waals surface area contributed by atoms with E-state index in [1.54, 1.807) is 17.0 Å². The predicted molar refractivity (Wildman–Crippen MR) is 91.8 cm³/mol. The van der Waals surface area contributed by atoms with Gasteiger partial charge in [0.15, 0.2) is 11.5 Å². The van der Waals surface area contributed by atoms with Gasteiger partial charge in [0.05, 0.1) is 6.54 Å². The number of rotatable bonds is 3. The van der Waals surface area contributed by atoms with Crippen LogP contribution < -0.4 is 19.7 Å². The Kier molecular flexibility index (Phi) is 3.77. The van der Waals surface area contributed by atoms with Crippen molar-refractivity contribution in [1.82, 2.24) is 5.32 Å². The van der Waals surface area contributed by atoms with Gasteiger partial charge in [-0.2, -0.15) is 0 Å². The first kappa shape index (κ1) is 15.8. The van der Waals surface area contributed by atoms with E-state index in [-0.39, 0.29) is 25.2 Å². The molecule has 0 spiro atoms. The number of hydrogen-bond acceptors (Lipinski definition) is 4. The quantitative estimate of drug-likeness (QED) is 0.916. The normalized spacial score (nSPS) is 17.6. The molecule has 7 heteroatoms. The molecule has 0 bridgehead atoms. The number of ether oxygens (including phenoxy) is 2. The van der Waals surface area contributed by atoms with Gasteiger partial charge in [-0.3, -0.25) is 9.59 Å². The molecule has 25 heavy (non-hydrogen) atoms. The zero-order valence-electron chi connectivity index (χ0n) is 13.4. The van der Waals surface area contributed by atoms with Crippen LogP contribution in [0.1, 0.15) is 24.1 Å². The largest absolute Gasteiger partial charge is 0.454 e. The van der Waals surface area contributed by atoms with Crippen LogP contribution in [0.3, 0.4) is 0 Å². The number of benzene rings is 2. The smallest absolute Gasteiger partial charge is 0.254 e. The van der Waals surface area contributed by atoms with Crippen LogP contribution in [-0.2, 0) is 16.1 Å². The highest BCUT2D eigenvalue weighted by Gasteiger charge is 2.37. The summed E-state index contributed by atoms with van der Waals surface area (Å²) in [6, 6.07) is 10.2. The van der Waals surface area contributed by atoms with E-state index in [1.165, 1.54) is 6.92 Å². The molecule has 2 aromatic rings. The minimum absolute atomic E-state index is 0.158. The standard InChI is InChI=1S/C18H15ClN2O4/c1-10(22)20-17-12-4-2-3-5-14(12)21(18(17)23)8-11-6-15-16(7-13(11)19)25-9-24-15/h2-7,17H,8-9H2,1H3,(H,20,22)/t17-/m0/s1. The first-order chi connectivity index (χ1) is 12.0. The minimum Gasteiger partial charge on any atom is -0.454 e. The molecule has 2 aliphatic rings. The average Bonchev–Trinajstić information content (AvgIpc) is 3.13. The lowest BCUT2D eigenvalue weighted by atomic mass is 10.1. The van der Waals surface area contributed by atoms with Crippen LogP contribution in [0.4, 0.5) is 5.69 Å². The van der Waals surface area contributed by atoms with Gasteiger partial charge in [-0.05, 0) is 17.7 Å². The second kappa shape index (κ2) is 5.97. The van der Waals surface area contributed by atoms with Crippen molar-refractivity contribution in [3.8, 4) is 11.5 Å². The van der Waals surface area contributed by atoms with E-state index in [1.807, 2.05) is 24.3 Å². The number of hydrogen-bond donors (Lipinski definition) is 1. The summed E-state index contributed by atoms with van der Waals surface area (Å²) in [5, 5.41) is 3.21. The van der Waals surface area contributed by atoms with Crippen LogP contribution >= 0.6 is 11.6 Å². The molecule has 1 N–H and O–H groups in total. The van der Waals surface area contributed by atoms with Crippen molar-refractivity contribution >= 4 is 29.1 Å². The maximum absolute atomic E-state index is 12.9. The Morgan fingerprint density at radius 2 is 2.00 bits per heavy atom. The number of nitrogens with one attached hydrogen (secondary N) is 1. The first-order valence-electron chi connectivity index (χ1n) is 7.80. The van der Waals surface area contributed by atoms with E-state index in [4.69, 9.17) is 21.1 Å². The summed E-state index contributed by atoms with van der Waals surface area (Å²) in [6.07, 6.45) is 0. The average molecular weight is 359 g/mol. The molecule has 128 valence electrons. The maximum atomic E-state index is 12.9. The Morgan fingerprint density at radius 1 is 1.28 bits per heavy atom. The number of nitrogens with zero attached hydrogens (tertiary/aromatic N) is 1. The lowest BCUT2D eigenvalue weighted by Crippen LogP contribution is -2.36. The van der Waals surface area contributed by atoms with Crippen molar-refractivity contribution in [3.05, 3.63) is 52.5 Å². The van der Waals surface area contributed by atoms with Crippen LogP contribution in [0.2, 0.25) is 5.02 Å². The maximum Gasteiger partial charge on any atom is 0.254 e. The molecule has 2 heterocycles. The molecule has 1 atom stereocenters. The molecule has 2 aliphatic heterocycles. The molecular weight excluding hydrogens is 344 g/mol. The summed E-state index contributed by atoms with van der Waals surface area (Å²) in [4.78, 5) is 26.0. The van der Waals surface area contributed by atoms with Crippen molar-refractivity contribution in [3.63, 3.8) is 0 Å². The molecule has 4 rings (SSSR count). The lowest BCUT2D eigenvalue weighted by Gasteiger charge is -2.19. The highest BCUT2D eigenvalue weighted by Crippen LogP contribution is 2.40. The third-order valence-corrected chi connectivity index (χ3v) is 4.62. The lowest BCUT2D eigenvalue weighted by molar-refractivity contribution is -0.126. The number of carbonyl (C=O) groups excluding carboxylic acids is 2. The topological polar surface area (TPSA) is 67.9 Å². The summed E-state index contributed by atoms with van der Waals surface area (Å²) in [6.45, 7) is 1.83. The molecule has 2 aromatic carbocycles. The van der Waals surface area contributed by atoms with Crippen LogP contribution in [0.15, 0.2) is 36.4 Å². The fraction of sp³-hybridized carbons (Fsp3) is 0.222. The van der Waals surface area contributed by atoms with E-state index >= 15 is 0 Å². The summed E-state index contributed by atoms with van der Waals surface area (Å²) in [7, 11) is 0. The zero-order chi connectivity index (χ0) is 17.6. The summed E-state index contributed by atoms with van der Waals surface area (Å²) >= 11 is 6.34. The van der Waals surface area contributed by atoms with Crippen molar-refractivity contribution in [1.29, 1.82) is 0 Å². The van der Waals surface area contributed by atoms with E-state index in [9.17, 15) is 9.59 Å². The number of carbonyl (C=O) groups is 2. The first-order valence-corrected chi connectivity index (χ1v) is 8.18. The number of anilines is 1. The van der Waals surface area contributed by atoms with Gasteiger partial charge in [-0.15, -0.1) is 0 Å². The fourth-order valence-electron chi connectivity index (χ4n) is 3.14. The Hall–Kier alpha value is -2.73. The van der Waals surface area contributed by atoms with Gasteiger partial charge in [0.25, 0.3) is 5.91 Å². The number of halogens is 1. The van der Waals surface area contributed by atoms with Gasteiger partial charge in [0.1, 0.15) is 6.04 Å². The third kappa shape index (κ3) is 2.68. The Labute approximate surface area is 149 Å². The summed E-state index contributed by atoms with van der Waals surface area (Å²) in [5.74, 6) is 0.761. The molecular formula is C18H15ClN2O4. The summed E-state index contributed by atoms with van der Waals surface area (Å²) in [5.41, 5.74) is 2.29. The van der Waals surface area contributed by atoms with Gasteiger partial charge in [-0.25, -0.2) is 0 Å². The van der Waals surface area contributed by atoms with E-state index in [2.05, 4.69) is 5.32 Å². The number of para-hydroxylation sites is 1.